The van der Waals surface area contributed by atoms with E-state index >= 15 is 0 Å². The van der Waals surface area contributed by atoms with Gasteiger partial charge in [-0.1, -0.05) is 29.8 Å². The number of carbonyl (C=O) groups is 1. The van der Waals surface area contributed by atoms with Crippen molar-refractivity contribution in [2.75, 3.05) is 20.8 Å². The number of benzene rings is 1. The summed E-state index contributed by atoms with van der Waals surface area (Å²) in [6, 6.07) is 7.48. The minimum Gasteiger partial charge on any atom is -0.383 e. The number of halogens is 1. The van der Waals surface area contributed by atoms with E-state index in [0.29, 0.717) is 16.5 Å². The molecule has 1 heterocycles. The molecule has 21 heavy (non-hydrogen) atoms. The van der Waals surface area contributed by atoms with Crippen molar-refractivity contribution in [2.45, 2.75) is 13.0 Å². The molecule has 0 spiro atoms. The summed E-state index contributed by atoms with van der Waals surface area (Å²) in [6.07, 6.45) is 1.60. The summed E-state index contributed by atoms with van der Waals surface area (Å²) >= 11 is 7.50. The Morgan fingerprint density at radius 3 is 2.86 bits per heavy atom. The average Bonchev–Trinajstić information content (AvgIpc) is 2.96. The molecule has 112 valence electrons. The molecule has 0 radical (unpaired) electrons. The van der Waals surface area contributed by atoms with Crippen molar-refractivity contribution in [3.8, 4) is 10.6 Å². The number of rotatable bonds is 5. The molecule has 0 N–H and O–H groups in total. The number of thiazole rings is 1. The third-order valence-corrected chi connectivity index (χ3v) is 4.56. The normalized spacial score (nSPS) is 12.2. The van der Waals surface area contributed by atoms with Gasteiger partial charge in [-0.2, -0.15) is 0 Å². The second-order valence-electron chi connectivity index (χ2n) is 4.73. The van der Waals surface area contributed by atoms with Crippen molar-refractivity contribution in [1.29, 1.82) is 0 Å². The Labute approximate surface area is 133 Å². The van der Waals surface area contributed by atoms with Crippen LogP contribution < -0.4 is 0 Å². The number of ether oxygens (including phenoxy) is 1. The topological polar surface area (TPSA) is 42.4 Å². The van der Waals surface area contributed by atoms with Crippen LogP contribution in [0.3, 0.4) is 0 Å². The van der Waals surface area contributed by atoms with E-state index in [1.54, 1.807) is 25.3 Å². The van der Waals surface area contributed by atoms with Crippen LogP contribution in [0.1, 0.15) is 16.6 Å². The Balaban J connectivity index is 2.20. The van der Waals surface area contributed by atoms with Crippen molar-refractivity contribution >= 4 is 28.8 Å². The Bertz CT molecular complexity index is 630. The summed E-state index contributed by atoms with van der Waals surface area (Å²) in [5.41, 5.74) is 0.843. The lowest BCUT2D eigenvalue weighted by molar-refractivity contribution is 0.0638. The number of nitrogens with zero attached hydrogens (tertiary/aromatic N) is 2. The van der Waals surface area contributed by atoms with Gasteiger partial charge in [-0.15, -0.1) is 11.3 Å². The first-order valence-electron chi connectivity index (χ1n) is 6.51. The number of amides is 1. The number of aromatic nitrogens is 1. The lowest BCUT2D eigenvalue weighted by Crippen LogP contribution is -2.37. The highest BCUT2D eigenvalue weighted by Crippen LogP contribution is 2.31. The van der Waals surface area contributed by atoms with E-state index in [-0.39, 0.29) is 11.9 Å². The molecule has 0 fully saturated rings. The molecule has 0 saturated heterocycles. The molecule has 0 aliphatic carbocycles. The Morgan fingerprint density at radius 2 is 2.19 bits per heavy atom. The van der Waals surface area contributed by atoms with Crippen molar-refractivity contribution in [2.24, 2.45) is 0 Å². The van der Waals surface area contributed by atoms with Gasteiger partial charge in [0.2, 0.25) is 0 Å². The van der Waals surface area contributed by atoms with Crippen LogP contribution in [0.15, 0.2) is 30.5 Å². The minimum absolute atomic E-state index is 0.00774. The van der Waals surface area contributed by atoms with Gasteiger partial charge in [0.15, 0.2) is 0 Å². The fraction of sp³-hybridized carbons (Fsp3) is 0.333. The number of hydrogen-bond acceptors (Lipinski definition) is 4. The predicted octanol–water partition coefficient (Wildman–Crippen LogP) is 3.57. The first-order chi connectivity index (χ1) is 10.0. The van der Waals surface area contributed by atoms with Gasteiger partial charge in [0.1, 0.15) is 9.88 Å². The van der Waals surface area contributed by atoms with Gasteiger partial charge in [0, 0.05) is 19.7 Å². The van der Waals surface area contributed by atoms with Gasteiger partial charge in [-0.25, -0.2) is 4.98 Å². The van der Waals surface area contributed by atoms with Crippen LogP contribution in [0.4, 0.5) is 0 Å². The molecule has 0 aliphatic heterocycles. The molecule has 1 unspecified atom stereocenters. The van der Waals surface area contributed by atoms with Crippen LogP contribution in [0.2, 0.25) is 5.02 Å². The summed E-state index contributed by atoms with van der Waals surface area (Å²) in [7, 11) is 3.39. The summed E-state index contributed by atoms with van der Waals surface area (Å²) in [5, 5.41) is 1.38. The number of carbonyl (C=O) groups excluding carboxylic acids is 1. The average molecular weight is 325 g/mol. The van der Waals surface area contributed by atoms with E-state index < -0.39 is 0 Å². The number of likely N-dealkylation sites (N-methyl/N-ethyl adjacent to an activating group) is 1. The number of hydrogen-bond donors (Lipinski definition) is 0. The molecule has 0 saturated carbocycles. The zero-order valence-corrected chi connectivity index (χ0v) is 13.7. The minimum atomic E-state index is -0.0599. The van der Waals surface area contributed by atoms with Crippen molar-refractivity contribution < 1.29 is 9.53 Å². The molecule has 1 aromatic carbocycles. The maximum atomic E-state index is 12.4. The van der Waals surface area contributed by atoms with Crippen LogP contribution in [0.25, 0.3) is 10.6 Å². The van der Waals surface area contributed by atoms with E-state index in [2.05, 4.69) is 4.98 Å². The van der Waals surface area contributed by atoms with Gasteiger partial charge in [-0.3, -0.25) is 4.79 Å². The third-order valence-electron chi connectivity index (χ3n) is 3.21. The molecule has 2 aromatic rings. The van der Waals surface area contributed by atoms with Crippen LogP contribution in [0, 0.1) is 0 Å². The van der Waals surface area contributed by atoms with Crippen LogP contribution in [0.5, 0.6) is 0 Å². The van der Waals surface area contributed by atoms with Gasteiger partial charge in [0.05, 0.1) is 23.9 Å². The highest BCUT2D eigenvalue weighted by atomic mass is 35.5. The lowest BCUT2D eigenvalue weighted by Gasteiger charge is -2.23. The van der Waals surface area contributed by atoms with Crippen molar-refractivity contribution in [3.63, 3.8) is 0 Å². The second-order valence-corrected chi connectivity index (χ2v) is 6.17. The van der Waals surface area contributed by atoms with Gasteiger partial charge in [-0.05, 0) is 13.0 Å². The molecular formula is C15H17ClN2O2S. The monoisotopic (exact) mass is 324 g/mol. The summed E-state index contributed by atoms with van der Waals surface area (Å²) in [6.45, 7) is 2.44. The second kappa shape index (κ2) is 7.02. The lowest BCUT2D eigenvalue weighted by atomic mass is 10.2. The van der Waals surface area contributed by atoms with Crippen LogP contribution >= 0.6 is 22.9 Å². The van der Waals surface area contributed by atoms with Gasteiger partial charge >= 0.3 is 0 Å². The van der Waals surface area contributed by atoms with Crippen molar-refractivity contribution in [3.05, 3.63) is 40.4 Å². The van der Waals surface area contributed by atoms with E-state index in [4.69, 9.17) is 16.3 Å². The Kier molecular flexibility index (Phi) is 5.33. The number of methoxy groups -OCH3 is 1. The zero-order valence-electron chi connectivity index (χ0n) is 12.2. The van der Waals surface area contributed by atoms with E-state index in [1.165, 1.54) is 11.3 Å². The molecule has 2 rings (SSSR count). The molecule has 4 nitrogen and oxygen atoms in total. The zero-order chi connectivity index (χ0) is 15.4. The van der Waals surface area contributed by atoms with Crippen LogP contribution in [-0.4, -0.2) is 42.6 Å². The summed E-state index contributed by atoms with van der Waals surface area (Å²) in [4.78, 5) is 19.0. The predicted molar refractivity (Wildman–Crippen MR) is 86.0 cm³/mol. The van der Waals surface area contributed by atoms with E-state index in [0.717, 1.165) is 10.6 Å². The quantitative estimate of drug-likeness (QED) is 0.844. The highest BCUT2D eigenvalue weighted by molar-refractivity contribution is 7.17. The summed E-state index contributed by atoms with van der Waals surface area (Å²) in [5.74, 6) is -0.0599. The first-order valence-corrected chi connectivity index (χ1v) is 7.71. The fourth-order valence-electron chi connectivity index (χ4n) is 1.86. The maximum Gasteiger partial charge on any atom is 0.265 e. The van der Waals surface area contributed by atoms with Crippen LogP contribution in [-0.2, 0) is 4.74 Å². The Morgan fingerprint density at radius 1 is 1.48 bits per heavy atom. The first kappa shape index (κ1) is 15.9. The maximum absolute atomic E-state index is 12.4. The molecular weight excluding hydrogens is 308 g/mol. The smallest absolute Gasteiger partial charge is 0.265 e. The molecule has 1 aromatic heterocycles. The largest absolute Gasteiger partial charge is 0.383 e. The fourth-order valence-corrected chi connectivity index (χ4v) is 3.08. The SMILES string of the molecule is COCC(C)N(C)C(=O)c1cnc(-c2ccccc2Cl)s1. The van der Waals surface area contributed by atoms with E-state index in [9.17, 15) is 4.79 Å². The van der Waals surface area contributed by atoms with E-state index in [1.807, 2.05) is 31.2 Å². The van der Waals surface area contributed by atoms with Gasteiger partial charge in [0.25, 0.3) is 5.91 Å². The summed E-state index contributed by atoms with van der Waals surface area (Å²) < 4.78 is 5.08. The Hall–Kier alpha value is -1.43. The standard InChI is InChI=1S/C15H17ClN2O2S/c1-10(9-20-3)18(2)15(19)13-8-17-14(21-13)11-6-4-5-7-12(11)16/h4-8,10H,9H2,1-3H3. The van der Waals surface area contributed by atoms with Crippen molar-refractivity contribution in [1.82, 2.24) is 9.88 Å². The molecule has 0 aliphatic rings. The molecule has 1 amide bonds. The molecule has 6 heteroatoms. The van der Waals surface area contributed by atoms with Gasteiger partial charge < -0.3 is 9.64 Å². The molecule has 0 bridgehead atoms. The third kappa shape index (κ3) is 3.61. The molecule has 1 atom stereocenters. The highest BCUT2D eigenvalue weighted by Gasteiger charge is 2.20.